The van der Waals surface area contributed by atoms with E-state index in [-0.39, 0.29) is 6.03 Å². The maximum Gasteiger partial charge on any atom is 0.321 e. The van der Waals surface area contributed by atoms with Crippen molar-refractivity contribution < 1.29 is 4.79 Å². The first kappa shape index (κ1) is 13.4. The topological polar surface area (TPSA) is 56.1 Å². The Balaban J connectivity index is 2.64. The highest BCUT2D eigenvalue weighted by Crippen LogP contribution is 2.24. The molecule has 0 radical (unpaired) electrons. The Morgan fingerprint density at radius 1 is 1.53 bits per heavy atom. The second-order valence-corrected chi connectivity index (χ2v) is 4.31. The summed E-state index contributed by atoms with van der Waals surface area (Å²) in [5, 5.41) is 11.3. The van der Waals surface area contributed by atoms with Crippen molar-refractivity contribution in [2.45, 2.75) is 11.3 Å². The lowest BCUT2D eigenvalue weighted by molar-refractivity contribution is 0.223. The van der Waals surface area contributed by atoms with E-state index in [0.717, 1.165) is 10.6 Å². The molecule has 0 fully saturated rings. The molecule has 0 atom stereocenters. The Kier molecular flexibility index (Phi) is 5.37. The fraction of sp³-hybridized carbons (Fsp3) is 0.333. The highest BCUT2D eigenvalue weighted by Gasteiger charge is 2.09. The minimum atomic E-state index is -0.193. The van der Waals surface area contributed by atoms with Crippen LogP contribution in [0.5, 0.6) is 0 Å². The van der Waals surface area contributed by atoms with Gasteiger partial charge in [-0.2, -0.15) is 5.26 Å². The van der Waals surface area contributed by atoms with E-state index in [1.807, 2.05) is 36.6 Å². The monoisotopic (exact) mass is 249 g/mol. The second kappa shape index (κ2) is 6.81. The van der Waals surface area contributed by atoms with Crippen LogP contribution in [0.2, 0.25) is 0 Å². The molecule has 0 bridgehead atoms. The van der Waals surface area contributed by atoms with Crippen molar-refractivity contribution in [3.05, 3.63) is 24.3 Å². The molecule has 0 aliphatic rings. The van der Waals surface area contributed by atoms with Gasteiger partial charge in [-0.05, 0) is 18.4 Å². The predicted octanol–water partition coefficient (Wildman–Crippen LogP) is 2.79. The lowest BCUT2D eigenvalue weighted by atomic mass is 10.3. The van der Waals surface area contributed by atoms with E-state index in [0.29, 0.717) is 13.0 Å². The Morgan fingerprint density at radius 2 is 2.24 bits per heavy atom. The molecule has 90 valence electrons. The molecule has 17 heavy (non-hydrogen) atoms. The minimum absolute atomic E-state index is 0.193. The van der Waals surface area contributed by atoms with Gasteiger partial charge in [0, 0.05) is 18.5 Å². The zero-order chi connectivity index (χ0) is 12.7. The lowest BCUT2D eigenvalue weighted by Gasteiger charge is -2.17. The minimum Gasteiger partial charge on any atom is -0.327 e. The third kappa shape index (κ3) is 4.00. The van der Waals surface area contributed by atoms with Crippen LogP contribution in [0.1, 0.15) is 6.42 Å². The molecule has 0 aromatic heterocycles. The first-order valence-electron chi connectivity index (χ1n) is 5.21. The van der Waals surface area contributed by atoms with Crippen LogP contribution in [0.4, 0.5) is 10.5 Å². The van der Waals surface area contributed by atoms with Gasteiger partial charge in [0.2, 0.25) is 0 Å². The van der Waals surface area contributed by atoms with Crippen LogP contribution in [0.3, 0.4) is 0 Å². The fourth-order valence-electron chi connectivity index (χ4n) is 1.28. The fourth-order valence-corrected chi connectivity index (χ4v) is 1.83. The van der Waals surface area contributed by atoms with Gasteiger partial charge in [0.1, 0.15) is 0 Å². The molecule has 0 aliphatic carbocycles. The molecule has 0 spiro atoms. The summed E-state index contributed by atoms with van der Waals surface area (Å²) < 4.78 is 0. The largest absolute Gasteiger partial charge is 0.327 e. The third-order valence-electron chi connectivity index (χ3n) is 2.25. The van der Waals surface area contributed by atoms with Crippen LogP contribution in [0.15, 0.2) is 29.2 Å². The van der Waals surface area contributed by atoms with Crippen LogP contribution in [-0.4, -0.2) is 30.8 Å². The van der Waals surface area contributed by atoms with Gasteiger partial charge in [0.05, 0.1) is 18.2 Å². The van der Waals surface area contributed by atoms with Gasteiger partial charge < -0.3 is 10.2 Å². The average molecular weight is 249 g/mol. The second-order valence-electron chi connectivity index (χ2n) is 3.46. The van der Waals surface area contributed by atoms with Crippen molar-refractivity contribution in [2.75, 3.05) is 25.2 Å². The van der Waals surface area contributed by atoms with Gasteiger partial charge in [0.25, 0.3) is 0 Å². The number of anilines is 1. The quantitative estimate of drug-likeness (QED) is 0.835. The molecule has 5 heteroatoms. The molecule has 0 unspecified atom stereocenters. The van der Waals surface area contributed by atoms with E-state index in [1.165, 1.54) is 4.90 Å². The Labute approximate surface area is 106 Å². The van der Waals surface area contributed by atoms with E-state index in [1.54, 1.807) is 18.8 Å². The molecule has 0 saturated carbocycles. The Morgan fingerprint density at radius 3 is 2.88 bits per heavy atom. The number of thioether (sulfide) groups is 1. The first-order chi connectivity index (χ1) is 8.19. The van der Waals surface area contributed by atoms with E-state index in [2.05, 4.69) is 5.32 Å². The summed E-state index contributed by atoms with van der Waals surface area (Å²) >= 11 is 1.58. The summed E-state index contributed by atoms with van der Waals surface area (Å²) in [7, 11) is 1.67. The van der Waals surface area contributed by atoms with Gasteiger partial charge in [-0.1, -0.05) is 12.1 Å². The summed E-state index contributed by atoms with van der Waals surface area (Å²) in [6, 6.07) is 9.45. The number of nitrogens with zero attached hydrogens (tertiary/aromatic N) is 2. The number of amides is 2. The molecule has 0 heterocycles. The Hall–Kier alpha value is -1.67. The molecule has 1 N–H and O–H groups in total. The maximum atomic E-state index is 11.8. The molecule has 1 rings (SSSR count). The number of para-hydroxylation sites is 1. The number of rotatable bonds is 4. The van der Waals surface area contributed by atoms with Crippen LogP contribution in [0.25, 0.3) is 0 Å². The van der Waals surface area contributed by atoms with Crippen molar-refractivity contribution in [3.63, 3.8) is 0 Å². The number of nitriles is 1. The highest BCUT2D eigenvalue weighted by atomic mass is 32.2. The molecule has 4 nitrogen and oxygen atoms in total. The van der Waals surface area contributed by atoms with Crippen molar-refractivity contribution in [1.82, 2.24) is 4.90 Å². The van der Waals surface area contributed by atoms with Gasteiger partial charge >= 0.3 is 6.03 Å². The summed E-state index contributed by atoms with van der Waals surface area (Å²) in [6.07, 6.45) is 2.30. The average Bonchev–Trinajstić information content (AvgIpc) is 2.36. The van der Waals surface area contributed by atoms with Crippen molar-refractivity contribution >= 4 is 23.5 Å². The van der Waals surface area contributed by atoms with Crippen molar-refractivity contribution in [2.24, 2.45) is 0 Å². The van der Waals surface area contributed by atoms with Gasteiger partial charge in [-0.15, -0.1) is 11.8 Å². The third-order valence-corrected chi connectivity index (χ3v) is 3.05. The standard InChI is InChI=1S/C12H15N3OS/c1-15(9-5-8-13)12(16)14-10-6-3-4-7-11(10)17-2/h3-4,6-7H,5,9H2,1-2H3,(H,14,16). The number of carbonyl (C=O) groups is 1. The summed E-state index contributed by atoms with van der Waals surface area (Å²) in [6.45, 7) is 0.434. The molecule has 0 aliphatic heterocycles. The summed E-state index contributed by atoms with van der Waals surface area (Å²) in [5.74, 6) is 0. The maximum absolute atomic E-state index is 11.8. The zero-order valence-corrected chi connectivity index (χ0v) is 10.8. The Bertz CT molecular complexity index is 428. The zero-order valence-electron chi connectivity index (χ0n) is 9.93. The molecular weight excluding hydrogens is 234 g/mol. The van der Waals surface area contributed by atoms with Crippen LogP contribution >= 0.6 is 11.8 Å². The van der Waals surface area contributed by atoms with E-state index in [4.69, 9.17) is 5.26 Å². The molecule has 1 aromatic rings. The molecule has 1 aromatic carbocycles. The van der Waals surface area contributed by atoms with Crippen molar-refractivity contribution in [1.29, 1.82) is 5.26 Å². The van der Waals surface area contributed by atoms with Gasteiger partial charge in [-0.25, -0.2) is 4.79 Å². The normalized spacial score (nSPS) is 9.47. The molecule has 0 saturated heterocycles. The van der Waals surface area contributed by atoms with Gasteiger partial charge in [0.15, 0.2) is 0 Å². The van der Waals surface area contributed by atoms with E-state index >= 15 is 0 Å². The number of benzene rings is 1. The summed E-state index contributed by atoms with van der Waals surface area (Å²) in [4.78, 5) is 14.3. The molecular formula is C12H15N3OS. The van der Waals surface area contributed by atoms with Gasteiger partial charge in [-0.3, -0.25) is 0 Å². The lowest BCUT2D eigenvalue weighted by Crippen LogP contribution is -2.32. The van der Waals surface area contributed by atoms with Crippen LogP contribution < -0.4 is 5.32 Å². The van der Waals surface area contributed by atoms with E-state index in [9.17, 15) is 4.79 Å². The highest BCUT2D eigenvalue weighted by molar-refractivity contribution is 7.98. The van der Waals surface area contributed by atoms with E-state index < -0.39 is 0 Å². The summed E-state index contributed by atoms with van der Waals surface area (Å²) in [5.41, 5.74) is 0.800. The molecule has 2 amide bonds. The van der Waals surface area contributed by atoms with Crippen molar-refractivity contribution in [3.8, 4) is 6.07 Å². The SMILES string of the molecule is CSc1ccccc1NC(=O)N(C)CCC#N. The number of urea groups is 1. The number of carbonyl (C=O) groups excluding carboxylic acids is 1. The smallest absolute Gasteiger partial charge is 0.321 e. The first-order valence-corrected chi connectivity index (χ1v) is 6.43. The van der Waals surface area contributed by atoms with Crippen LogP contribution in [-0.2, 0) is 0 Å². The number of nitrogens with one attached hydrogen (secondary N) is 1. The number of hydrogen-bond acceptors (Lipinski definition) is 3. The number of hydrogen-bond donors (Lipinski definition) is 1. The van der Waals surface area contributed by atoms with Crippen LogP contribution in [0, 0.1) is 11.3 Å². The predicted molar refractivity (Wildman–Crippen MR) is 70.1 cm³/mol.